The molecule has 2 heterocycles. The molecule has 1 aliphatic rings. The minimum atomic E-state index is -0.547. The second-order valence-electron chi connectivity index (χ2n) is 8.15. The van der Waals surface area contributed by atoms with Gasteiger partial charge in [0, 0.05) is 31.5 Å². The van der Waals surface area contributed by atoms with Crippen molar-refractivity contribution in [3.63, 3.8) is 0 Å². The van der Waals surface area contributed by atoms with Gasteiger partial charge in [-0.05, 0) is 43.2 Å². The lowest BCUT2D eigenvalue weighted by Gasteiger charge is -2.35. The van der Waals surface area contributed by atoms with Crippen LogP contribution < -0.4 is 19.5 Å². The molecule has 0 fully saturated rings. The number of benzene rings is 2. The quantitative estimate of drug-likeness (QED) is 0.416. The standard InChI is InChI=1S/C26H30N4O6/c1-16-22(25-28-24(29-36-25)18-8-6-9-19(14-18)33-3)23(27-26(31)30(16)12-7-13-32-2)17-10-11-20(34-4)21(15-17)35-5/h6,8-11,14-15,23H,7,12-13H2,1-5H3,(H,27,31). The van der Waals surface area contributed by atoms with Gasteiger partial charge in [0.15, 0.2) is 11.5 Å². The van der Waals surface area contributed by atoms with Crippen molar-refractivity contribution in [3.05, 3.63) is 59.6 Å². The van der Waals surface area contributed by atoms with Gasteiger partial charge in [0.1, 0.15) is 5.75 Å². The van der Waals surface area contributed by atoms with Gasteiger partial charge in [-0.25, -0.2) is 4.79 Å². The molecule has 2 amide bonds. The molecule has 10 heteroatoms. The third kappa shape index (κ3) is 4.99. The molecule has 0 spiro atoms. The molecule has 0 aliphatic carbocycles. The Kier molecular flexibility index (Phi) is 7.74. The fourth-order valence-electron chi connectivity index (χ4n) is 4.19. The minimum absolute atomic E-state index is 0.223. The molecule has 4 rings (SSSR count). The molecule has 1 atom stereocenters. The second-order valence-corrected chi connectivity index (χ2v) is 8.15. The molecule has 190 valence electrons. The Labute approximate surface area is 209 Å². The summed E-state index contributed by atoms with van der Waals surface area (Å²) in [6.07, 6.45) is 0.675. The minimum Gasteiger partial charge on any atom is -0.497 e. The van der Waals surface area contributed by atoms with E-state index in [1.807, 2.05) is 43.3 Å². The Hall–Kier alpha value is -4.05. The van der Waals surface area contributed by atoms with Gasteiger partial charge in [0.25, 0.3) is 5.89 Å². The lowest BCUT2D eigenvalue weighted by atomic mass is 9.94. The number of carbonyl (C=O) groups is 1. The van der Waals surface area contributed by atoms with Crippen LogP contribution in [0.15, 0.2) is 52.7 Å². The second kappa shape index (κ2) is 11.1. The fraction of sp³-hybridized carbons (Fsp3) is 0.346. The predicted molar refractivity (Wildman–Crippen MR) is 133 cm³/mol. The monoisotopic (exact) mass is 494 g/mol. The van der Waals surface area contributed by atoms with Crippen molar-refractivity contribution >= 4 is 11.6 Å². The molecule has 10 nitrogen and oxygen atoms in total. The summed E-state index contributed by atoms with van der Waals surface area (Å²) in [5, 5.41) is 7.30. The first-order valence-corrected chi connectivity index (χ1v) is 11.5. The maximum absolute atomic E-state index is 13.1. The lowest BCUT2D eigenvalue weighted by Crippen LogP contribution is -2.46. The maximum Gasteiger partial charge on any atom is 0.322 e. The highest BCUT2D eigenvalue weighted by Gasteiger charge is 2.36. The summed E-state index contributed by atoms with van der Waals surface area (Å²) in [5.41, 5.74) is 2.95. The summed E-state index contributed by atoms with van der Waals surface area (Å²) in [4.78, 5) is 19.5. The Morgan fingerprint density at radius 3 is 2.56 bits per heavy atom. The molecule has 0 saturated heterocycles. The van der Waals surface area contributed by atoms with Crippen molar-refractivity contribution in [1.82, 2.24) is 20.4 Å². The zero-order valence-electron chi connectivity index (χ0n) is 21.0. The molecule has 1 aromatic heterocycles. The van der Waals surface area contributed by atoms with E-state index >= 15 is 0 Å². The van der Waals surface area contributed by atoms with Gasteiger partial charge in [0.05, 0.1) is 32.9 Å². The molecule has 1 aliphatic heterocycles. The Bertz CT molecular complexity index is 1250. The van der Waals surface area contributed by atoms with Crippen molar-refractivity contribution in [2.24, 2.45) is 0 Å². The van der Waals surface area contributed by atoms with Crippen LogP contribution in [0.25, 0.3) is 17.0 Å². The van der Waals surface area contributed by atoms with E-state index in [1.54, 1.807) is 39.4 Å². The van der Waals surface area contributed by atoms with E-state index in [1.165, 1.54) is 0 Å². The van der Waals surface area contributed by atoms with Crippen molar-refractivity contribution in [2.75, 3.05) is 41.6 Å². The summed E-state index contributed by atoms with van der Waals surface area (Å²) in [6, 6.07) is 12.2. The van der Waals surface area contributed by atoms with Gasteiger partial charge >= 0.3 is 6.03 Å². The van der Waals surface area contributed by atoms with Crippen LogP contribution in [0.2, 0.25) is 0 Å². The molecule has 36 heavy (non-hydrogen) atoms. The number of urea groups is 1. The number of amides is 2. The smallest absolute Gasteiger partial charge is 0.322 e. The average molecular weight is 495 g/mol. The maximum atomic E-state index is 13.1. The van der Waals surface area contributed by atoms with Gasteiger partial charge in [-0.2, -0.15) is 4.98 Å². The largest absolute Gasteiger partial charge is 0.497 e. The van der Waals surface area contributed by atoms with E-state index in [-0.39, 0.29) is 6.03 Å². The van der Waals surface area contributed by atoms with E-state index in [0.717, 1.165) is 16.8 Å². The first-order chi connectivity index (χ1) is 17.5. The predicted octanol–water partition coefficient (Wildman–Crippen LogP) is 4.30. The van der Waals surface area contributed by atoms with Crippen molar-refractivity contribution in [1.29, 1.82) is 0 Å². The number of methoxy groups -OCH3 is 4. The zero-order chi connectivity index (χ0) is 25.7. The topological polar surface area (TPSA) is 108 Å². The van der Waals surface area contributed by atoms with E-state index in [0.29, 0.717) is 54.1 Å². The van der Waals surface area contributed by atoms with Gasteiger partial charge in [-0.1, -0.05) is 23.4 Å². The van der Waals surface area contributed by atoms with Crippen molar-refractivity contribution in [3.8, 4) is 28.6 Å². The highest BCUT2D eigenvalue weighted by molar-refractivity contribution is 5.87. The number of rotatable bonds is 10. The van der Waals surface area contributed by atoms with E-state index in [2.05, 4.69) is 15.5 Å². The van der Waals surface area contributed by atoms with Crippen LogP contribution in [0, 0.1) is 0 Å². The highest BCUT2D eigenvalue weighted by atomic mass is 16.5. The molecular weight excluding hydrogens is 464 g/mol. The molecule has 0 saturated carbocycles. The molecule has 1 N–H and O–H groups in total. The summed E-state index contributed by atoms with van der Waals surface area (Å²) >= 11 is 0. The van der Waals surface area contributed by atoms with Crippen molar-refractivity contribution < 1.29 is 28.3 Å². The van der Waals surface area contributed by atoms with Gasteiger partial charge in [-0.15, -0.1) is 0 Å². The number of allylic oxidation sites excluding steroid dienone is 1. The summed E-state index contributed by atoms with van der Waals surface area (Å²) < 4.78 is 27.1. The first kappa shape index (κ1) is 25.1. The highest BCUT2D eigenvalue weighted by Crippen LogP contribution is 2.40. The van der Waals surface area contributed by atoms with Crippen LogP contribution in [0.5, 0.6) is 17.2 Å². The normalized spacial score (nSPS) is 15.6. The SMILES string of the molecule is COCCCN1C(=O)NC(c2ccc(OC)c(OC)c2)C(c2nc(-c3cccc(OC)c3)no2)=C1C. The summed E-state index contributed by atoms with van der Waals surface area (Å²) in [5.74, 6) is 2.54. The molecule has 0 radical (unpaired) electrons. The summed E-state index contributed by atoms with van der Waals surface area (Å²) in [6.45, 7) is 2.89. The van der Waals surface area contributed by atoms with Crippen LogP contribution in [-0.4, -0.2) is 62.7 Å². The number of carbonyl (C=O) groups excluding carboxylic acids is 1. The number of nitrogens with zero attached hydrogens (tertiary/aromatic N) is 3. The molecular formula is C26H30N4O6. The molecule has 3 aromatic rings. The van der Waals surface area contributed by atoms with Crippen LogP contribution >= 0.6 is 0 Å². The first-order valence-electron chi connectivity index (χ1n) is 11.5. The van der Waals surface area contributed by atoms with Gasteiger partial charge < -0.3 is 28.8 Å². The lowest BCUT2D eigenvalue weighted by molar-refractivity contribution is 0.174. The summed E-state index contributed by atoms with van der Waals surface area (Å²) in [7, 11) is 6.38. The number of hydrogen-bond donors (Lipinski definition) is 1. The zero-order valence-corrected chi connectivity index (χ0v) is 21.0. The Morgan fingerprint density at radius 1 is 1.03 bits per heavy atom. The Morgan fingerprint density at radius 2 is 1.83 bits per heavy atom. The van der Waals surface area contributed by atoms with E-state index in [4.69, 9.17) is 23.5 Å². The Balaban J connectivity index is 1.79. The fourth-order valence-corrected chi connectivity index (χ4v) is 4.19. The average Bonchev–Trinajstić information content (AvgIpc) is 3.39. The van der Waals surface area contributed by atoms with Crippen LogP contribution in [0.4, 0.5) is 4.79 Å². The number of ether oxygens (including phenoxy) is 4. The molecule has 1 unspecified atom stereocenters. The third-order valence-corrected chi connectivity index (χ3v) is 6.05. The van der Waals surface area contributed by atoms with Crippen LogP contribution in [0.3, 0.4) is 0 Å². The van der Waals surface area contributed by atoms with Crippen molar-refractivity contribution in [2.45, 2.75) is 19.4 Å². The molecule has 2 aromatic carbocycles. The number of aromatic nitrogens is 2. The van der Waals surface area contributed by atoms with Gasteiger partial charge in [-0.3, -0.25) is 4.90 Å². The van der Waals surface area contributed by atoms with E-state index in [9.17, 15) is 4.79 Å². The van der Waals surface area contributed by atoms with Crippen LogP contribution in [-0.2, 0) is 4.74 Å². The number of nitrogens with one attached hydrogen (secondary N) is 1. The van der Waals surface area contributed by atoms with E-state index < -0.39 is 6.04 Å². The van der Waals surface area contributed by atoms with Gasteiger partial charge in [0.2, 0.25) is 5.82 Å². The number of hydrogen-bond acceptors (Lipinski definition) is 8. The third-order valence-electron chi connectivity index (χ3n) is 6.05. The van der Waals surface area contributed by atoms with Crippen LogP contribution in [0.1, 0.15) is 30.8 Å². The molecule has 0 bridgehead atoms.